The molecule has 0 aliphatic heterocycles. The van der Waals surface area contributed by atoms with E-state index in [0.717, 1.165) is 10.8 Å². The van der Waals surface area contributed by atoms with Gasteiger partial charge in [0.05, 0.1) is 4.92 Å². The van der Waals surface area contributed by atoms with Crippen LogP contribution in [0.5, 0.6) is 5.75 Å². The van der Waals surface area contributed by atoms with E-state index in [0.29, 0.717) is 11.4 Å². The Balaban J connectivity index is 1.50. The molecule has 0 radical (unpaired) electrons. The first-order valence-corrected chi connectivity index (χ1v) is 7.90. The Hall–Kier alpha value is -3.12. The third-order valence-corrected chi connectivity index (χ3v) is 3.78. The molecule has 0 spiro atoms. The highest BCUT2D eigenvalue weighted by Gasteiger charge is 2.07. The normalized spacial score (nSPS) is 11.9. The molecule has 0 amide bonds. The molecule has 1 atom stereocenters. The molecule has 0 heterocycles. The Kier molecular flexibility index (Phi) is 5.11. The zero-order valence-corrected chi connectivity index (χ0v) is 13.5. The average molecular weight is 338 g/mol. The van der Waals surface area contributed by atoms with Crippen LogP contribution in [0.25, 0.3) is 10.8 Å². The van der Waals surface area contributed by atoms with Gasteiger partial charge >= 0.3 is 0 Å². The lowest BCUT2D eigenvalue weighted by atomic mass is 10.1. The van der Waals surface area contributed by atoms with Crippen LogP contribution in [0, 0.1) is 10.1 Å². The first-order valence-electron chi connectivity index (χ1n) is 7.90. The molecule has 3 aromatic carbocycles. The fourth-order valence-corrected chi connectivity index (χ4v) is 2.45. The maximum absolute atomic E-state index is 10.6. The molecule has 0 saturated carbocycles. The number of non-ortho nitro benzene ring substituents is 1. The summed E-state index contributed by atoms with van der Waals surface area (Å²) in [5, 5.41) is 25.9. The van der Waals surface area contributed by atoms with Crippen LogP contribution in [0.1, 0.15) is 0 Å². The number of hydrogen-bond acceptors (Lipinski definition) is 5. The van der Waals surface area contributed by atoms with Crippen molar-refractivity contribution in [1.82, 2.24) is 0 Å². The Bertz CT molecular complexity index is 865. The van der Waals surface area contributed by atoms with Crippen molar-refractivity contribution in [2.75, 3.05) is 18.5 Å². The maximum Gasteiger partial charge on any atom is 0.269 e. The van der Waals surface area contributed by atoms with Crippen LogP contribution < -0.4 is 10.1 Å². The molecule has 0 aliphatic rings. The van der Waals surface area contributed by atoms with E-state index < -0.39 is 11.0 Å². The van der Waals surface area contributed by atoms with Gasteiger partial charge in [-0.05, 0) is 35.0 Å². The fraction of sp³-hybridized carbons (Fsp3) is 0.158. The quantitative estimate of drug-likeness (QED) is 0.508. The van der Waals surface area contributed by atoms with Crippen molar-refractivity contribution in [1.29, 1.82) is 0 Å². The van der Waals surface area contributed by atoms with Crippen LogP contribution in [-0.2, 0) is 0 Å². The second-order valence-corrected chi connectivity index (χ2v) is 5.66. The first kappa shape index (κ1) is 16.7. The number of nitro benzene ring substituents is 1. The number of hydrogen-bond donors (Lipinski definition) is 2. The third kappa shape index (κ3) is 4.45. The number of nitrogens with zero attached hydrogens (tertiary/aromatic N) is 1. The molecule has 0 bridgehead atoms. The summed E-state index contributed by atoms with van der Waals surface area (Å²) in [4.78, 5) is 10.2. The van der Waals surface area contributed by atoms with Gasteiger partial charge in [0.25, 0.3) is 5.69 Å². The van der Waals surface area contributed by atoms with Crippen LogP contribution in [0.2, 0.25) is 0 Å². The highest BCUT2D eigenvalue weighted by molar-refractivity contribution is 5.83. The van der Waals surface area contributed by atoms with Gasteiger partial charge in [0.2, 0.25) is 0 Å². The largest absolute Gasteiger partial charge is 0.491 e. The summed E-state index contributed by atoms with van der Waals surface area (Å²) in [5.74, 6) is 0.702. The molecule has 0 saturated heterocycles. The topological polar surface area (TPSA) is 84.6 Å². The third-order valence-electron chi connectivity index (χ3n) is 3.78. The molecule has 0 aliphatic carbocycles. The molecule has 0 fully saturated rings. The van der Waals surface area contributed by atoms with Crippen molar-refractivity contribution in [2.24, 2.45) is 0 Å². The minimum atomic E-state index is -0.707. The molecule has 6 nitrogen and oxygen atoms in total. The molecule has 1 unspecified atom stereocenters. The molecule has 0 aromatic heterocycles. The van der Waals surface area contributed by atoms with E-state index in [1.807, 2.05) is 42.5 Å². The van der Waals surface area contributed by atoms with Crippen molar-refractivity contribution in [3.63, 3.8) is 0 Å². The van der Waals surface area contributed by atoms with Crippen molar-refractivity contribution in [3.05, 3.63) is 76.8 Å². The van der Waals surface area contributed by atoms with Gasteiger partial charge in [-0.1, -0.05) is 30.3 Å². The zero-order chi connectivity index (χ0) is 17.6. The van der Waals surface area contributed by atoms with Gasteiger partial charge in [0.15, 0.2) is 0 Å². The van der Waals surface area contributed by atoms with Crippen molar-refractivity contribution < 1.29 is 14.8 Å². The average Bonchev–Trinajstić information content (AvgIpc) is 2.65. The molecule has 3 rings (SSSR count). The van der Waals surface area contributed by atoms with E-state index in [2.05, 4.69) is 5.32 Å². The van der Waals surface area contributed by atoms with Crippen molar-refractivity contribution in [2.45, 2.75) is 6.10 Å². The lowest BCUT2D eigenvalue weighted by molar-refractivity contribution is -0.384. The van der Waals surface area contributed by atoms with E-state index in [1.165, 1.54) is 12.1 Å². The Morgan fingerprint density at radius 2 is 1.76 bits per heavy atom. The SMILES string of the molecule is O=[N+]([O-])c1ccc(NCC(O)COc2ccc3ccccc3c2)cc1. The molecule has 2 N–H and O–H groups in total. The van der Waals surface area contributed by atoms with E-state index in [4.69, 9.17) is 4.74 Å². The number of benzene rings is 3. The molecule has 25 heavy (non-hydrogen) atoms. The van der Waals surface area contributed by atoms with Gasteiger partial charge in [-0.15, -0.1) is 0 Å². The van der Waals surface area contributed by atoms with Crippen molar-refractivity contribution in [3.8, 4) is 5.75 Å². The van der Waals surface area contributed by atoms with Gasteiger partial charge in [-0.25, -0.2) is 0 Å². The summed E-state index contributed by atoms with van der Waals surface area (Å²) in [6, 6.07) is 19.8. The van der Waals surface area contributed by atoms with Gasteiger partial charge in [-0.2, -0.15) is 0 Å². The molecular weight excluding hydrogens is 320 g/mol. The highest BCUT2D eigenvalue weighted by Crippen LogP contribution is 2.20. The number of anilines is 1. The van der Waals surface area contributed by atoms with Crippen LogP contribution in [0.4, 0.5) is 11.4 Å². The summed E-state index contributed by atoms with van der Waals surface area (Å²) < 4.78 is 5.64. The van der Waals surface area contributed by atoms with Crippen LogP contribution >= 0.6 is 0 Å². The summed E-state index contributed by atoms with van der Waals surface area (Å²) in [6.45, 7) is 0.434. The summed E-state index contributed by atoms with van der Waals surface area (Å²) in [5.41, 5.74) is 0.737. The van der Waals surface area contributed by atoms with E-state index in [-0.39, 0.29) is 18.8 Å². The van der Waals surface area contributed by atoms with E-state index in [9.17, 15) is 15.2 Å². The summed E-state index contributed by atoms with van der Waals surface area (Å²) in [7, 11) is 0. The zero-order valence-electron chi connectivity index (χ0n) is 13.5. The second-order valence-electron chi connectivity index (χ2n) is 5.66. The van der Waals surface area contributed by atoms with E-state index >= 15 is 0 Å². The van der Waals surface area contributed by atoms with Gasteiger partial charge in [0, 0.05) is 24.4 Å². The highest BCUT2D eigenvalue weighted by atomic mass is 16.6. The smallest absolute Gasteiger partial charge is 0.269 e. The summed E-state index contributed by atoms with van der Waals surface area (Å²) in [6.07, 6.45) is -0.707. The number of nitrogens with one attached hydrogen (secondary N) is 1. The molecule has 3 aromatic rings. The number of ether oxygens (including phenoxy) is 1. The number of rotatable bonds is 7. The molecule has 128 valence electrons. The van der Waals surface area contributed by atoms with Crippen LogP contribution in [0.3, 0.4) is 0 Å². The van der Waals surface area contributed by atoms with Crippen LogP contribution in [0.15, 0.2) is 66.7 Å². The lowest BCUT2D eigenvalue weighted by Crippen LogP contribution is -2.26. The predicted octanol–water partition coefficient (Wildman–Crippen LogP) is 3.60. The molecule has 6 heteroatoms. The number of aliphatic hydroxyl groups is 1. The lowest BCUT2D eigenvalue weighted by Gasteiger charge is -2.14. The Morgan fingerprint density at radius 1 is 1.04 bits per heavy atom. The minimum Gasteiger partial charge on any atom is -0.491 e. The fourth-order valence-electron chi connectivity index (χ4n) is 2.45. The number of nitro groups is 1. The number of fused-ring (bicyclic) bond motifs is 1. The second kappa shape index (κ2) is 7.63. The van der Waals surface area contributed by atoms with Gasteiger partial charge < -0.3 is 15.2 Å². The molecular formula is C19H18N2O4. The first-order chi connectivity index (χ1) is 12.1. The van der Waals surface area contributed by atoms with E-state index in [1.54, 1.807) is 12.1 Å². The van der Waals surface area contributed by atoms with Crippen molar-refractivity contribution >= 4 is 22.1 Å². The standard InChI is InChI=1S/C19H18N2O4/c22-18(12-20-16-6-8-17(9-7-16)21(23)24)13-25-19-10-5-14-3-1-2-4-15(14)11-19/h1-11,18,20,22H,12-13H2. The number of aliphatic hydroxyl groups excluding tert-OH is 1. The monoisotopic (exact) mass is 338 g/mol. The Labute approximate surface area is 144 Å². The van der Waals surface area contributed by atoms with Crippen LogP contribution in [-0.4, -0.2) is 29.3 Å². The maximum atomic E-state index is 10.6. The minimum absolute atomic E-state index is 0.0331. The van der Waals surface area contributed by atoms with Gasteiger partial charge in [-0.3, -0.25) is 10.1 Å². The predicted molar refractivity (Wildman–Crippen MR) is 97.0 cm³/mol. The van der Waals surface area contributed by atoms with Gasteiger partial charge in [0.1, 0.15) is 18.5 Å². The summed E-state index contributed by atoms with van der Waals surface area (Å²) >= 11 is 0. The Morgan fingerprint density at radius 3 is 2.48 bits per heavy atom.